The van der Waals surface area contributed by atoms with Gasteiger partial charge in [0.05, 0.1) is 4.47 Å². The summed E-state index contributed by atoms with van der Waals surface area (Å²) in [4.78, 5) is 25.9. The Balaban J connectivity index is 0.00000104. The number of halogens is 7. The molecule has 0 saturated heterocycles. The molecule has 2 aromatic rings. The number of anilines is 2. The molecule has 0 unspecified atom stereocenters. The Labute approximate surface area is 254 Å². The number of carboxylic acids is 2. The van der Waals surface area contributed by atoms with Crippen LogP contribution in [0.25, 0.3) is 0 Å². The molecule has 2 atom stereocenters. The quantitative estimate of drug-likeness (QED) is 0.181. The summed E-state index contributed by atoms with van der Waals surface area (Å²) < 4.78 is 95.1. The maximum Gasteiger partial charge on any atom is 0.490 e. The molecule has 246 valence electrons. The monoisotopic (exact) mass is 733 g/mol. The van der Waals surface area contributed by atoms with Crippen LogP contribution in [0.4, 0.5) is 37.3 Å². The Bertz CT molecular complexity index is 1260. The molecule has 2 rings (SSSR count). The lowest BCUT2D eigenvalue weighted by Crippen LogP contribution is -2.36. The number of hydrogen-bond donors (Lipinski definition) is 6. The molecular formula is C21H30BrF6N7O6S2. The zero-order chi connectivity index (χ0) is 33.8. The van der Waals surface area contributed by atoms with Crippen LogP contribution in [-0.2, 0) is 19.6 Å². The molecule has 0 aliphatic heterocycles. The standard InChI is InChI=1S/C17H28BrN7O2S2.2C2HF3O2/c1-11(20)12(7-17(2,3)4-5-19)8-21-15-14(18)6-13(9-22-15)29(26,27)25-16-23-10-24-28-16;2*3-2(4,5)1(6)7/h6,9-12H,4-5,7-8,19-20H2,1-3H3,(H,21,22)(H,23,24,25);2*(H,6,7)/t11-,12+;;/m1../s1. The van der Waals surface area contributed by atoms with Crippen LogP contribution in [0, 0.1) is 11.3 Å². The SMILES string of the molecule is C[C@@H](N)[C@H](CNc1ncc(S(=O)(=O)Nc2ncns2)cc1Br)CC(C)(C)CCN.O=C(O)C(F)(F)F.O=C(O)C(F)(F)F. The highest BCUT2D eigenvalue weighted by atomic mass is 79.9. The molecule has 0 spiro atoms. The van der Waals surface area contributed by atoms with Gasteiger partial charge in [-0.05, 0) is 59.6 Å². The lowest BCUT2D eigenvalue weighted by molar-refractivity contribution is -0.193. The lowest BCUT2D eigenvalue weighted by atomic mass is 9.78. The average Bonchev–Trinajstić information content (AvgIpc) is 3.34. The number of aliphatic carboxylic acids is 2. The van der Waals surface area contributed by atoms with Gasteiger partial charge in [0.2, 0.25) is 5.13 Å². The molecule has 8 N–H and O–H groups in total. The third-order valence-corrected chi connectivity index (χ3v) is 7.73. The molecule has 22 heteroatoms. The summed E-state index contributed by atoms with van der Waals surface area (Å²) in [5.41, 5.74) is 12.0. The van der Waals surface area contributed by atoms with E-state index in [-0.39, 0.29) is 27.4 Å². The number of sulfonamides is 1. The largest absolute Gasteiger partial charge is 0.490 e. The van der Waals surface area contributed by atoms with E-state index in [4.69, 9.17) is 31.3 Å². The van der Waals surface area contributed by atoms with Crippen molar-refractivity contribution < 1.29 is 54.6 Å². The van der Waals surface area contributed by atoms with Gasteiger partial charge in [-0.15, -0.1) is 0 Å². The number of nitrogens with two attached hydrogens (primary N) is 2. The number of nitrogens with zero attached hydrogens (tertiary/aromatic N) is 3. The van der Waals surface area contributed by atoms with Gasteiger partial charge in [0.15, 0.2) is 0 Å². The molecule has 0 fully saturated rings. The third kappa shape index (κ3) is 16.0. The molecule has 0 amide bonds. The van der Waals surface area contributed by atoms with Crippen LogP contribution >= 0.6 is 27.5 Å². The molecule has 0 radical (unpaired) electrons. The molecule has 0 aliphatic carbocycles. The van der Waals surface area contributed by atoms with E-state index in [1.54, 1.807) is 0 Å². The van der Waals surface area contributed by atoms with E-state index in [1.807, 2.05) is 6.92 Å². The van der Waals surface area contributed by atoms with E-state index >= 15 is 0 Å². The molecule has 0 saturated carbocycles. The summed E-state index contributed by atoms with van der Waals surface area (Å²) in [6.45, 7) is 7.62. The minimum absolute atomic E-state index is 0.00548. The molecule has 0 bridgehead atoms. The van der Waals surface area contributed by atoms with Crippen LogP contribution in [0.15, 0.2) is 28.0 Å². The number of hydrogen-bond acceptors (Lipinski definition) is 11. The van der Waals surface area contributed by atoms with Crippen molar-refractivity contribution >= 4 is 60.4 Å². The Morgan fingerprint density at radius 1 is 1.09 bits per heavy atom. The van der Waals surface area contributed by atoms with E-state index < -0.39 is 34.3 Å². The van der Waals surface area contributed by atoms with Gasteiger partial charge in [0.25, 0.3) is 10.0 Å². The second-order valence-electron chi connectivity index (χ2n) is 9.37. The minimum atomic E-state index is -5.08. The third-order valence-electron chi connectivity index (χ3n) is 5.11. The van der Waals surface area contributed by atoms with Gasteiger partial charge >= 0.3 is 24.3 Å². The van der Waals surface area contributed by atoms with Gasteiger partial charge in [0.1, 0.15) is 17.0 Å². The van der Waals surface area contributed by atoms with Crippen molar-refractivity contribution in [1.82, 2.24) is 14.3 Å². The first-order chi connectivity index (χ1) is 19.4. The molecule has 43 heavy (non-hydrogen) atoms. The number of alkyl halides is 6. The predicted molar refractivity (Wildman–Crippen MR) is 148 cm³/mol. The number of carboxylic acid groups (broad SMARTS) is 2. The van der Waals surface area contributed by atoms with Crippen LogP contribution in [0.1, 0.15) is 33.6 Å². The predicted octanol–water partition coefficient (Wildman–Crippen LogP) is 3.90. The van der Waals surface area contributed by atoms with Crippen LogP contribution in [-0.4, -0.2) is 76.4 Å². The fraction of sp³-hybridized carbons (Fsp3) is 0.571. The Morgan fingerprint density at radius 3 is 1.98 bits per heavy atom. The molecule has 2 heterocycles. The lowest BCUT2D eigenvalue weighted by Gasteiger charge is -2.32. The topological polar surface area (TPSA) is 224 Å². The Hall–Kier alpha value is -2.82. The van der Waals surface area contributed by atoms with Crippen LogP contribution in [0.2, 0.25) is 0 Å². The van der Waals surface area contributed by atoms with Gasteiger partial charge in [-0.3, -0.25) is 4.72 Å². The first-order valence-electron chi connectivity index (χ1n) is 11.7. The molecular weight excluding hydrogens is 704 g/mol. The smallest absolute Gasteiger partial charge is 0.475 e. The zero-order valence-electron chi connectivity index (χ0n) is 22.7. The summed E-state index contributed by atoms with van der Waals surface area (Å²) >= 11 is 4.36. The molecule has 0 aromatic carbocycles. The van der Waals surface area contributed by atoms with E-state index in [9.17, 15) is 34.8 Å². The summed E-state index contributed by atoms with van der Waals surface area (Å²) in [5.74, 6) is -4.74. The molecule has 0 aliphatic rings. The normalized spacial score (nSPS) is 13.4. The summed E-state index contributed by atoms with van der Waals surface area (Å²) in [6.07, 6.45) is -5.74. The number of pyridine rings is 1. The van der Waals surface area contributed by atoms with Gasteiger partial charge in [-0.25, -0.2) is 28.0 Å². The van der Waals surface area contributed by atoms with Crippen molar-refractivity contribution in [3.05, 3.63) is 23.1 Å². The van der Waals surface area contributed by atoms with Crippen LogP contribution in [0.5, 0.6) is 0 Å². The van der Waals surface area contributed by atoms with E-state index in [2.05, 4.69) is 54.2 Å². The van der Waals surface area contributed by atoms with Gasteiger partial charge in [0, 0.05) is 30.3 Å². The Kier molecular flexibility index (Phi) is 15.8. The van der Waals surface area contributed by atoms with Crippen molar-refractivity contribution in [2.75, 3.05) is 23.1 Å². The van der Waals surface area contributed by atoms with Crippen molar-refractivity contribution in [3.63, 3.8) is 0 Å². The molecule has 13 nitrogen and oxygen atoms in total. The fourth-order valence-electron chi connectivity index (χ4n) is 2.96. The van der Waals surface area contributed by atoms with Gasteiger partial charge in [-0.2, -0.15) is 30.7 Å². The highest BCUT2D eigenvalue weighted by Crippen LogP contribution is 2.31. The minimum Gasteiger partial charge on any atom is -0.475 e. The highest BCUT2D eigenvalue weighted by molar-refractivity contribution is 9.10. The van der Waals surface area contributed by atoms with E-state index in [1.165, 1.54) is 18.6 Å². The average molecular weight is 735 g/mol. The second-order valence-corrected chi connectivity index (χ2v) is 12.7. The van der Waals surface area contributed by atoms with Crippen molar-refractivity contribution in [3.8, 4) is 0 Å². The summed E-state index contributed by atoms with van der Waals surface area (Å²) in [5, 5.41) is 17.7. The fourth-order valence-corrected chi connectivity index (χ4v) is 5.24. The first-order valence-corrected chi connectivity index (χ1v) is 14.7. The van der Waals surface area contributed by atoms with Crippen molar-refractivity contribution in [2.24, 2.45) is 22.8 Å². The number of carbonyl (C=O) groups is 2. The Morgan fingerprint density at radius 2 is 1.60 bits per heavy atom. The first kappa shape index (κ1) is 40.2. The molecule has 2 aromatic heterocycles. The number of aromatic nitrogens is 3. The summed E-state index contributed by atoms with van der Waals surface area (Å²) in [7, 11) is -3.79. The number of nitrogens with one attached hydrogen (secondary N) is 2. The number of rotatable bonds is 11. The zero-order valence-corrected chi connectivity index (χ0v) is 25.9. The van der Waals surface area contributed by atoms with Crippen molar-refractivity contribution in [1.29, 1.82) is 0 Å². The van der Waals surface area contributed by atoms with E-state index in [0.717, 1.165) is 24.4 Å². The van der Waals surface area contributed by atoms with Crippen molar-refractivity contribution in [2.45, 2.75) is 56.9 Å². The maximum absolute atomic E-state index is 12.5. The summed E-state index contributed by atoms with van der Waals surface area (Å²) in [6, 6.07) is 1.49. The van der Waals surface area contributed by atoms with Crippen LogP contribution < -0.4 is 21.5 Å². The van der Waals surface area contributed by atoms with Crippen LogP contribution in [0.3, 0.4) is 0 Å². The van der Waals surface area contributed by atoms with E-state index in [0.29, 0.717) is 23.4 Å². The van der Waals surface area contributed by atoms with Gasteiger partial charge < -0.3 is 27.0 Å². The highest BCUT2D eigenvalue weighted by Gasteiger charge is 2.39. The maximum atomic E-state index is 12.5. The van der Waals surface area contributed by atoms with Gasteiger partial charge in [-0.1, -0.05) is 13.8 Å². The second kappa shape index (κ2) is 16.9.